The number of morpholine rings is 1. The van der Waals surface area contributed by atoms with Crippen LogP contribution in [0.2, 0.25) is 0 Å². The molecule has 2 saturated heterocycles. The zero-order valence-corrected chi connectivity index (χ0v) is 19.5. The predicted molar refractivity (Wildman–Crippen MR) is 125 cm³/mol. The molecule has 1 aromatic heterocycles. The molecule has 0 aliphatic carbocycles. The van der Waals surface area contributed by atoms with Crippen LogP contribution in [0.4, 0.5) is 5.82 Å². The monoisotopic (exact) mass is 455 g/mol. The van der Waals surface area contributed by atoms with E-state index in [9.17, 15) is 13.2 Å². The molecule has 2 fully saturated rings. The Kier molecular flexibility index (Phi) is 6.20. The molecule has 0 radical (unpaired) electrons. The van der Waals surface area contributed by atoms with Crippen molar-refractivity contribution >= 4 is 27.7 Å². The van der Waals surface area contributed by atoms with Gasteiger partial charge in [0.1, 0.15) is 5.82 Å². The van der Waals surface area contributed by atoms with Crippen LogP contribution in [0.15, 0.2) is 54.1 Å². The van der Waals surface area contributed by atoms with Gasteiger partial charge in [0.2, 0.25) is 10.0 Å². The number of ketones is 1. The number of carbonyl (C=O) groups is 1. The van der Waals surface area contributed by atoms with Gasteiger partial charge in [-0.3, -0.25) is 4.79 Å². The molecule has 7 nitrogen and oxygen atoms in total. The largest absolute Gasteiger partial charge is 0.378 e. The van der Waals surface area contributed by atoms with Gasteiger partial charge in [0.25, 0.3) is 0 Å². The molecule has 8 heteroatoms. The van der Waals surface area contributed by atoms with Crippen molar-refractivity contribution < 1.29 is 17.9 Å². The molecule has 2 aliphatic rings. The van der Waals surface area contributed by atoms with E-state index < -0.39 is 21.5 Å². The molecule has 0 spiro atoms. The highest BCUT2D eigenvalue weighted by Crippen LogP contribution is 2.46. The highest BCUT2D eigenvalue weighted by atomic mass is 32.2. The number of hydrogen-bond donors (Lipinski definition) is 0. The highest BCUT2D eigenvalue weighted by Gasteiger charge is 2.49. The number of aromatic nitrogens is 1. The van der Waals surface area contributed by atoms with Crippen molar-refractivity contribution in [1.82, 2.24) is 9.29 Å². The molecule has 2 aromatic rings. The fourth-order valence-corrected chi connectivity index (χ4v) is 5.68. The molecule has 0 saturated carbocycles. The molecular formula is C24H29N3O4S. The summed E-state index contributed by atoms with van der Waals surface area (Å²) in [7, 11) is -3.57. The Bertz CT molecular complexity index is 1120. The second kappa shape index (κ2) is 8.77. The Balaban J connectivity index is 1.72. The first kappa shape index (κ1) is 22.6. The van der Waals surface area contributed by atoms with E-state index in [0.717, 1.165) is 24.5 Å². The molecule has 0 bridgehead atoms. The van der Waals surface area contributed by atoms with Gasteiger partial charge >= 0.3 is 0 Å². The van der Waals surface area contributed by atoms with Crippen molar-refractivity contribution in [1.29, 1.82) is 0 Å². The number of rotatable bonds is 4. The number of sulfonamides is 1. The lowest BCUT2D eigenvalue weighted by atomic mass is 9.72. The third-order valence-electron chi connectivity index (χ3n) is 6.13. The zero-order chi connectivity index (χ0) is 22.9. The molecule has 1 atom stereocenters. The Morgan fingerprint density at radius 2 is 1.75 bits per heavy atom. The van der Waals surface area contributed by atoms with Crippen molar-refractivity contribution in [2.24, 2.45) is 5.41 Å². The van der Waals surface area contributed by atoms with Crippen LogP contribution in [-0.4, -0.2) is 62.6 Å². The second-order valence-corrected chi connectivity index (χ2v) is 10.8. The minimum atomic E-state index is -3.57. The van der Waals surface area contributed by atoms with Crippen molar-refractivity contribution in [2.75, 3.05) is 44.0 Å². The summed E-state index contributed by atoms with van der Waals surface area (Å²) in [4.78, 5) is 20.4. The number of anilines is 1. The standard InChI is InChI=1S/C24H29N3O4S/c1-24(2)22(18-8-5-4-6-9-18)27(32(3,29)30)17-19(23(24)28)16-20-10-7-11-21(25-20)26-12-14-31-15-13-26/h4-11,16,22H,12-15,17H2,1-3H3. The van der Waals surface area contributed by atoms with E-state index in [2.05, 4.69) is 4.90 Å². The Hall–Kier alpha value is -2.55. The maximum Gasteiger partial charge on any atom is 0.212 e. The molecule has 1 unspecified atom stereocenters. The van der Waals surface area contributed by atoms with Crippen LogP contribution in [0.1, 0.15) is 31.1 Å². The van der Waals surface area contributed by atoms with E-state index in [1.807, 2.05) is 62.4 Å². The van der Waals surface area contributed by atoms with Gasteiger partial charge in [-0.2, -0.15) is 4.31 Å². The summed E-state index contributed by atoms with van der Waals surface area (Å²) in [6.45, 7) is 6.49. The maximum atomic E-state index is 13.5. The Morgan fingerprint density at radius 3 is 2.41 bits per heavy atom. The first-order valence-corrected chi connectivity index (χ1v) is 12.6. The van der Waals surface area contributed by atoms with E-state index in [-0.39, 0.29) is 12.3 Å². The number of benzene rings is 1. The van der Waals surface area contributed by atoms with Gasteiger partial charge in [-0.1, -0.05) is 50.2 Å². The van der Waals surface area contributed by atoms with Crippen molar-refractivity contribution in [3.05, 3.63) is 65.4 Å². The van der Waals surface area contributed by atoms with Gasteiger partial charge in [0.15, 0.2) is 5.78 Å². The second-order valence-electron chi connectivity index (χ2n) is 8.86. The van der Waals surface area contributed by atoms with E-state index >= 15 is 0 Å². The van der Waals surface area contributed by atoms with E-state index in [4.69, 9.17) is 9.72 Å². The number of pyridine rings is 1. The summed E-state index contributed by atoms with van der Waals surface area (Å²) < 4.78 is 32.4. The van der Waals surface area contributed by atoms with E-state index in [1.54, 1.807) is 6.08 Å². The molecule has 32 heavy (non-hydrogen) atoms. The lowest BCUT2D eigenvalue weighted by Gasteiger charge is -2.45. The lowest BCUT2D eigenvalue weighted by molar-refractivity contribution is -0.128. The van der Waals surface area contributed by atoms with Crippen molar-refractivity contribution in [3.63, 3.8) is 0 Å². The number of Topliss-reactive ketones (excluding diaryl/α,β-unsaturated/α-hetero) is 1. The Labute approximate surface area is 189 Å². The summed E-state index contributed by atoms with van der Waals surface area (Å²) in [5, 5.41) is 0. The quantitative estimate of drug-likeness (QED) is 0.660. The lowest BCUT2D eigenvalue weighted by Crippen LogP contribution is -2.51. The van der Waals surface area contributed by atoms with Crippen LogP contribution in [0.25, 0.3) is 6.08 Å². The average molecular weight is 456 g/mol. The minimum Gasteiger partial charge on any atom is -0.378 e. The Morgan fingerprint density at radius 1 is 1.06 bits per heavy atom. The third-order valence-corrected chi connectivity index (χ3v) is 7.32. The van der Waals surface area contributed by atoms with Crippen molar-refractivity contribution in [2.45, 2.75) is 19.9 Å². The highest BCUT2D eigenvalue weighted by molar-refractivity contribution is 7.88. The van der Waals surface area contributed by atoms with Crippen LogP contribution in [0.3, 0.4) is 0 Å². The van der Waals surface area contributed by atoms with Gasteiger partial charge in [0.05, 0.1) is 31.2 Å². The molecule has 1 aromatic carbocycles. The molecule has 170 valence electrons. The van der Waals surface area contributed by atoms with Crippen LogP contribution in [0.5, 0.6) is 0 Å². The van der Waals surface area contributed by atoms with Crippen LogP contribution >= 0.6 is 0 Å². The summed E-state index contributed by atoms with van der Waals surface area (Å²) >= 11 is 0. The van der Waals surface area contributed by atoms with E-state index in [1.165, 1.54) is 10.6 Å². The fourth-order valence-electron chi connectivity index (χ4n) is 4.53. The number of ether oxygens (including phenoxy) is 1. The first-order chi connectivity index (χ1) is 15.2. The van der Waals surface area contributed by atoms with Crippen LogP contribution < -0.4 is 4.90 Å². The van der Waals surface area contributed by atoms with Crippen LogP contribution in [-0.2, 0) is 19.6 Å². The summed E-state index contributed by atoms with van der Waals surface area (Å²) in [6.07, 6.45) is 2.93. The van der Waals surface area contributed by atoms with Gasteiger partial charge in [-0.15, -0.1) is 0 Å². The minimum absolute atomic E-state index is 0.0180. The summed E-state index contributed by atoms with van der Waals surface area (Å²) in [5.74, 6) is 0.761. The number of carbonyl (C=O) groups excluding carboxylic acids is 1. The normalized spacial score (nSPS) is 23.5. The van der Waals surface area contributed by atoms with Gasteiger partial charge in [-0.05, 0) is 23.8 Å². The SMILES string of the molecule is CC1(C)C(=O)C(=Cc2cccc(N3CCOCC3)n2)CN(S(C)(=O)=O)C1c1ccccc1. The summed E-state index contributed by atoms with van der Waals surface area (Å²) in [6, 6.07) is 14.5. The number of nitrogens with zero attached hydrogens (tertiary/aromatic N) is 3. The number of piperidine rings is 1. The zero-order valence-electron chi connectivity index (χ0n) is 18.7. The summed E-state index contributed by atoms with van der Waals surface area (Å²) in [5.41, 5.74) is 0.956. The molecule has 3 heterocycles. The molecule has 2 aliphatic heterocycles. The van der Waals surface area contributed by atoms with Crippen molar-refractivity contribution in [3.8, 4) is 0 Å². The van der Waals surface area contributed by atoms with Gasteiger partial charge in [0, 0.05) is 30.6 Å². The van der Waals surface area contributed by atoms with E-state index in [0.29, 0.717) is 24.5 Å². The third kappa shape index (κ3) is 4.48. The molecule has 4 rings (SSSR count). The predicted octanol–water partition coefficient (Wildman–Crippen LogP) is 2.91. The topological polar surface area (TPSA) is 79.8 Å². The average Bonchev–Trinajstić information content (AvgIpc) is 2.77. The molecule has 0 N–H and O–H groups in total. The molecule has 0 amide bonds. The first-order valence-electron chi connectivity index (χ1n) is 10.7. The molecular weight excluding hydrogens is 426 g/mol. The van der Waals surface area contributed by atoms with Crippen LogP contribution in [0, 0.1) is 5.41 Å². The van der Waals surface area contributed by atoms with Gasteiger partial charge < -0.3 is 9.64 Å². The fraction of sp³-hybridized carbons (Fsp3) is 0.417. The smallest absolute Gasteiger partial charge is 0.212 e. The van der Waals surface area contributed by atoms with Gasteiger partial charge in [-0.25, -0.2) is 13.4 Å². The maximum absolute atomic E-state index is 13.5. The number of hydrogen-bond acceptors (Lipinski definition) is 6.